The summed E-state index contributed by atoms with van der Waals surface area (Å²) in [7, 11) is 0. The van der Waals surface area contributed by atoms with Gasteiger partial charge in [0.15, 0.2) is 0 Å². The van der Waals surface area contributed by atoms with E-state index in [1.165, 1.54) is 0 Å². The lowest BCUT2D eigenvalue weighted by Gasteiger charge is -2.29. The summed E-state index contributed by atoms with van der Waals surface area (Å²) in [5, 5.41) is 6.45. The number of halogens is 2. The molecule has 4 amide bonds. The topological polar surface area (TPSA) is 78.5 Å². The van der Waals surface area contributed by atoms with Gasteiger partial charge in [-0.25, -0.2) is 4.79 Å². The van der Waals surface area contributed by atoms with Crippen LogP contribution in [-0.2, 0) is 21.7 Å². The number of hydrogen-bond acceptors (Lipinski definition) is 3. The third kappa shape index (κ3) is 4.60. The Morgan fingerprint density at radius 3 is 2.47 bits per heavy atom. The molecule has 1 unspecified atom stereocenters. The van der Waals surface area contributed by atoms with Crippen molar-refractivity contribution >= 4 is 41.0 Å². The van der Waals surface area contributed by atoms with Gasteiger partial charge in [-0.15, -0.1) is 0 Å². The molecule has 30 heavy (non-hydrogen) atoms. The first-order valence-corrected chi connectivity index (χ1v) is 10.4. The number of imide groups is 1. The van der Waals surface area contributed by atoms with Crippen LogP contribution in [0.15, 0.2) is 48.5 Å². The molecule has 158 valence electrons. The maximum Gasteiger partial charge on any atom is 0.325 e. The van der Waals surface area contributed by atoms with Crippen molar-refractivity contribution in [1.82, 2.24) is 15.5 Å². The SMILES string of the molecule is CC(C)CC1(c2ccccc2)NC(=O)N(CC(=O)NCc2ccc(Cl)cc2Cl)C1=O. The second-order valence-corrected chi connectivity index (χ2v) is 8.55. The van der Waals surface area contributed by atoms with Gasteiger partial charge in [0.2, 0.25) is 5.91 Å². The third-order valence-electron chi connectivity index (χ3n) is 4.95. The molecule has 3 rings (SSSR count). The van der Waals surface area contributed by atoms with E-state index < -0.39 is 23.4 Å². The second-order valence-electron chi connectivity index (χ2n) is 7.70. The van der Waals surface area contributed by atoms with E-state index in [-0.39, 0.29) is 19.0 Å². The van der Waals surface area contributed by atoms with Gasteiger partial charge in [-0.3, -0.25) is 14.5 Å². The first kappa shape index (κ1) is 22.1. The second kappa shape index (κ2) is 9.06. The summed E-state index contributed by atoms with van der Waals surface area (Å²) in [4.78, 5) is 39.4. The Kier molecular flexibility index (Phi) is 6.68. The molecule has 2 N–H and O–H groups in total. The van der Waals surface area contributed by atoms with Crippen LogP contribution in [0.3, 0.4) is 0 Å². The van der Waals surface area contributed by atoms with Gasteiger partial charge in [0.1, 0.15) is 12.1 Å². The van der Waals surface area contributed by atoms with E-state index in [9.17, 15) is 14.4 Å². The molecule has 6 nitrogen and oxygen atoms in total. The summed E-state index contributed by atoms with van der Waals surface area (Å²) in [6.45, 7) is 3.75. The van der Waals surface area contributed by atoms with Gasteiger partial charge in [0.25, 0.3) is 5.91 Å². The zero-order valence-electron chi connectivity index (χ0n) is 16.7. The molecule has 1 fully saturated rings. The highest BCUT2D eigenvalue weighted by Crippen LogP contribution is 2.35. The highest BCUT2D eigenvalue weighted by atomic mass is 35.5. The molecule has 0 aliphatic carbocycles. The number of nitrogens with one attached hydrogen (secondary N) is 2. The van der Waals surface area contributed by atoms with E-state index in [0.29, 0.717) is 27.6 Å². The average molecular weight is 448 g/mol. The molecule has 2 aromatic carbocycles. The summed E-state index contributed by atoms with van der Waals surface area (Å²) in [6.07, 6.45) is 0.431. The lowest BCUT2D eigenvalue weighted by molar-refractivity contribution is -0.135. The molecule has 0 aromatic heterocycles. The lowest BCUT2D eigenvalue weighted by Crippen LogP contribution is -2.46. The number of carbonyl (C=O) groups is 3. The van der Waals surface area contributed by atoms with Gasteiger partial charge in [-0.05, 0) is 35.6 Å². The van der Waals surface area contributed by atoms with Crippen LogP contribution in [-0.4, -0.2) is 29.3 Å². The van der Waals surface area contributed by atoms with Gasteiger partial charge >= 0.3 is 6.03 Å². The maximum atomic E-state index is 13.3. The van der Waals surface area contributed by atoms with E-state index in [0.717, 1.165) is 4.90 Å². The van der Waals surface area contributed by atoms with E-state index in [4.69, 9.17) is 23.2 Å². The van der Waals surface area contributed by atoms with Crippen molar-refractivity contribution < 1.29 is 14.4 Å². The van der Waals surface area contributed by atoms with Crippen LogP contribution < -0.4 is 10.6 Å². The molecule has 1 atom stereocenters. The fourth-order valence-electron chi connectivity index (χ4n) is 3.61. The number of amides is 4. The molecule has 1 aliphatic heterocycles. The molecule has 0 spiro atoms. The highest BCUT2D eigenvalue weighted by molar-refractivity contribution is 6.35. The highest BCUT2D eigenvalue weighted by Gasteiger charge is 2.52. The predicted octanol–water partition coefficient (Wildman–Crippen LogP) is 4.10. The molecule has 1 saturated heterocycles. The van der Waals surface area contributed by atoms with Gasteiger partial charge in [-0.2, -0.15) is 0 Å². The quantitative estimate of drug-likeness (QED) is 0.626. The van der Waals surface area contributed by atoms with Crippen LogP contribution in [0.2, 0.25) is 10.0 Å². The summed E-state index contributed by atoms with van der Waals surface area (Å²) >= 11 is 12.0. The number of nitrogens with zero attached hydrogens (tertiary/aromatic N) is 1. The van der Waals surface area contributed by atoms with Crippen molar-refractivity contribution in [2.45, 2.75) is 32.4 Å². The van der Waals surface area contributed by atoms with Crippen LogP contribution in [0.4, 0.5) is 4.79 Å². The minimum atomic E-state index is -1.17. The Hall–Kier alpha value is -2.57. The molecule has 2 aromatic rings. The Bertz CT molecular complexity index is 965. The Labute approximate surface area is 185 Å². The fraction of sp³-hybridized carbons (Fsp3) is 0.318. The number of rotatable bonds is 7. The number of hydrogen-bond donors (Lipinski definition) is 2. The monoisotopic (exact) mass is 447 g/mol. The van der Waals surface area contributed by atoms with Crippen molar-refractivity contribution in [1.29, 1.82) is 0 Å². The van der Waals surface area contributed by atoms with E-state index in [1.807, 2.05) is 44.2 Å². The lowest BCUT2D eigenvalue weighted by atomic mass is 9.82. The zero-order valence-corrected chi connectivity index (χ0v) is 18.3. The fourth-order valence-corrected chi connectivity index (χ4v) is 4.09. The van der Waals surface area contributed by atoms with Crippen LogP contribution in [0.25, 0.3) is 0 Å². The summed E-state index contributed by atoms with van der Waals surface area (Å²) in [5.74, 6) is -0.736. The smallest absolute Gasteiger partial charge is 0.325 e. The predicted molar refractivity (Wildman–Crippen MR) is 116 cm³/mol. The van der Waals surface area contributed by atoms with Crippen molar-refractivity contribution in [2.24, 2.45) is 5.92 Å². The van der Waals surface area contributed by atoms with Gasteiger partial charge in [0.05, 0.1) is 0 Å². The third-order valence-corrected chi connectivity index (χ3v) is 5.54. The van der Waals surface area contributed by atoms with E-state index >= 15 is 0 Å². The van der Waals surface area contributed by atoms with Crippen LogP contribution >= 0.6 is 23.2 Å². The van der Waals surface area contributed by atoms with Gasteiger partial charge in [-0.1, -0.05) is 73.4 Å². The number of urea groups is 1. The molecule has 0 radical (unpaired) electrons. The molecular formula is C22H23Cl2N3O3. The summed E-state index contributed by atoms with van der Waals surface area (Å²) < 4.78 is 0. The van der Waals surface area contributed by atoms with Crippen molar-refractivity contribution in [2.75, 3.05) is 6.54 Å². The maximum absolute atomic E-state index is 13.3. The molecule has 1 heterocycles. The van der Waals surface area contributed by atoms with E-state index in [1.54, 1.807) is 18.2 Å². The first-order valence-electron chi connectivity index (χ1n) is 9.63. The Morgan fingerprint density at radius 1 is 1.13 bits per heavy atom. The Morgan fingerprint density at radius 2 is 1.83 bits per heavy atom. The summed E-state index contributed by atoms with van der Waals surface area (Å²) in [6, 6.07) is 13.5. The average Bonchev–Trinajstić information content (AvgIpc) is 2.92. The van der Waals surface area contributed by atoms with Crippen LogP contribution in [0, 0.1) is 5.92 Å². The number of carbonyl (C=O) groups excluding carboxylic acids is 3. The molecule has 0 saturated carbocycles. The summed E-state index contributed by atoms with van der Waals surface area (Å²) in [5.41, 5.74) is 0.213. The molecule has 8 heteroatoms. The van der Waals surface area contributed by atoms with Crippen LogP contribution in [0.1, 0.15) is 31.4 Å². The van der Waals surface area contributed by atoms with Crippen molar-refractivity contribution in [3.05, 3.63) is 69.7 Å². The molecular weight excluding hydrogens is 425 g/mol. The van der Waals surface area contributed by atoms with E-state index in [2.05, 4.69) is 10.6 Å². The standard InChI is InChI=1S/C22H23Cl2N3O3/c1-14(2)11-22(16-6-4-3-5-7-16)20(29)27(21(30)26-22)13-19(28)25-12-15-8-9-17(23)10-18(15)24/h3-10,14H,11-13H2,1-2H3,(H,25,28)(H,26,30). The molecule has 1 aliphatic rings. The first-order chi connectivity index (χ1) is 14.2. The van der Waals surface area contributed by atoms with Gasteiger partial charge < -0.3 is 10.6 Å². The van der Waals surface area contributed by atoms with Crippen molar-refractivity contribution in [3.63, 3.8) is 0 Å². The minimum absolute atomic E-state index is 0.148. The normalized spacial score (nSPS) is 18.6. The van der Waals surface area contributed by atoms with Crippen molar-refractivity contribution in [3.8, 4) is 0 Å². The largest absolute Gasteiger partial charge is 0.350 e. The zero-order chi connectivity index (χ0) is 21.9. The molecule has 0 bridgehead atoms. The number of benzene rings is 2. The van der Waals surface area contributed by atoms with Gasteiger partial charge in [0, 0.05) is 16.6 Å². The minimum Gasteiger partial charge on any atom is -0.350 e. The van der Waals surface area contributed by atoms with Crippen LogP contribution in [0.5, 0.6) is 0 Å². The Balaban J connectivity index is 1.74.